The predicted molar refractivity (Wildman–Crippen MR) is 93.3 cm³/mol. The molecule has 8 heteroatoms. The van der Waals surface area contributed by atoms with Crippen molar-refractivity contribution < 1.29 is 22.7 Å². The van der Waals surface area contributed by atoms with Gasteiger partial charge in [-0.3, -0.25) is 4.79 Å². The van der Waals surface area contributed by atoms with Crippen LogP contribution in [0.5, 0.6) is 5.75 Å². The number of aromatic nitrogens is 2. The number of anilines is 1. The van der Waals surface area contributed by atoms with Crippen LogP contribution in [-0.2, 0) is 0 Å². The van der Waals surface area contributed by atoms with E-state index in [2.05, 4.69) is 20.0 Å². The fraction of sp³-hybridized carbons (Fsp3) is 0.105. The summed E-state index contributed by atoms with van der Waals surface area (Å²) in [6.45, 7) is 1.68. The van der Waals surface area contributed by atoms with E-state index in [1.165, 1.54) is 18.3 Å². The molecule has 27 heavy (non-hydrogen) atoms. The van der Waals surface area contributed by atoms with Gasteiger partial charge in [-0.05, 0) is 31.2 Å². The van der Waals surface area contributed by atoms with E-state index in [1.807, 2.05) is 30.3 Å². The van der Waals surface area contributed by atoms with Gasteiger partial charge < -0.3 is 10.1 Å². The van der Waals surface area contributed by atoms with Crippen molar-refractivity contribution in [3.8, 4) is 17.1 Å². The summed E-state index contributed by atoms with van der Waals surface area (Å²) in [6.07, 6.45) is -3.35. The third kappa shape index (κ3) is 4.81. The maximum Gasteiger partial charge on any atom is 0.573 e. The molecule has 0 unspecified atom stereocenters. The van der Waals surface area contributed by atoms with E-state index in [0.29, 0.717) is 17.2 Å². The molecule has 1 aromatic heterocycles. The molecule has 0 spiro atoms. The summed E-state index contributed by atoms with van der Waals surface area (Å²) in [7, 11) is 0. The van der Waals surface area contributed by atoms with Crippen molar-refractivity contribution in [2.45, 2.75) is 13.3 Å². The van der Waals surface area contributed by atoms with Crippen LogP contribution in [0.1, 0.15) is 16.1 Å². The number of amides is 1. The first-order valence-electron chi connectivity index (χ1n) is 7.88. The molecule has 0 fully saturated rings. The van der Waals surface area contributed by atoms with Crippen molar-refractivity contribution in [3.63, 3.8) is 0 Å². The summed E-state index contributed by atoms with van der Waals surface area (Å²) >= 11 is 0. The number of nitrogens with zero attached hydrogens (tertiary/aromatic N) is 2. The van der Waals surface area contributed by atoms with Gasteiger partial charge in [-0.25, -0.2) is 9.97 Å². The number of rotatable bonds is 4. The molecule has 0 aliphatic rings. The second kappa shape index (κ2) is 7.45. The number of halogens is 3. The first-order chi connectivity index (χ1) is 12.8. The van der Waals surface area contributed by atoms with E-state index in [4.69, 9.17) is 0 Å². The number of carbonyl (C=O) groups excluding carboxylic acids is 1. The highest BCUT2D eigenvalue weighted by atomic mass is 19.4. The molecular formula is C19H14F3N3O2. The Balaban J connectivity index is 1.73. The number of carbonyl (C=O) groups is 1. The van der Waals surface area contributed by atoms with Crippen LogP contribution in [0.15, 0.2) is 60.8 Å². The molecule has 0 atom stereocenters. The van der Waals surface area contributed by atoms with Crippen LogP contribution in [0.2, 0.25) is 0 Å². The van der Waals surface area contributed by atoms with E-state index in [0.717, 1.165) is 17.7 Å². The third-order valence-electron chi connectivity index (χ3n) is 3.60. The number of aryl methyl sites for hydroxylation is 1. The van der Waals surface area contributed by atoms with Crippen LogP contribution in [-0.4, -0.2) is 22.2 Å². The van der Waals surface area contributed by atoms with Gasteiger partial charge in [0, 0.05) is 17.4 Å². The first kappa shape index (κ1) is 18.4. The second-order valence-corrected chi connectivity index (χ2v) is 5.59. The maximum atomic E-state index is 12.4. The van der Waals surface area contributed by atoms with Gasteiger partial charge in [0.15, 0.2) is 5.82 Å². The fourth-order valence-corrected chi connectivity index (χ4v) is 2.35. The molecule has 0 aliphatic carbocycles. The van der Waals surface area contributed by atoms with Crippen molar-refractivity contribution in [1.82, 2.24) is 9.97 Å². The predicted octanol–water partition coefficient (Wildman–Crippen LogP) is 4.60. The molecular weight excluding hydrogens is 359 g/mol. The summed E-state index contributed by atoms with van der Waals surface area (Å²) in [4.78, 5) is 20.9. The molecule has 0 radical (unpaired) electrons. The minimum atomic E-state index is -4.76. The van der Waals surface area contributed by atoms with Gasteiger partial charge in [0.05, 0.1) is 11.3 Å². The topological polar surface area (TPSA) is 64.1 Å². The SMILES string of the molecule is Cc1nc(-c2ccccc2)ncc1C(=O)Nc1ccc(OC(F)(F)F)cc1. The lowest BCUT2D eigenvalue weighted by molar-refractivity contribution is -0.274. The summed E-state index contributed by atoms with van der Waals surface area (Å²) < 4.78 is 40.3. The van der Waals surface area contributed by atoms with Gasteiger partial charge in [-0.2, -0.15) is 0 Å². The van der Waals surface area contributed by atoms with Gasteiger partial charge in [0.1, 0.15) is 5.75 Å². The van der Waals surface area contributed by atoms with Crippen molar-refractivity contribution in [1.29, 1.82) is 0 Å². The number of hydrogen-bond acceptors (Lipinski definition) is 4. The first-order valence-corrected chi connectivity index (χ1v) is 7.88. The molecule has 0 saturated heterocycles. The summed E-state index contributed by atoms with van der Waals surface area (Å²) in [6, 6.07) is 14.2. The third-order valence-corrected chi connectivity index (χ3v) is 3.60. The van der Waals surface area contributed by atoms with E-state index < -0.39 is 12.3 Å². The van der Waals surface area contributed by atoms with Gasteiger partial charge in [0.2, 0.25) is 0 Å². The van der Waals surface area contributed by atoms with Gasteiger partial charge >= 0.3 is 6.36 Å². The Hall–Kier alpha value is -3.42. The average Bonchev–Trinajstić information content (AvgIpc) is 2.62. The molecule has 3 rings (SSSR count). The van der Waals surface area contributed by atoms with E-state index in [1.54, 1.807) is 6.92 Å². The van der Waals surface area contributed by atoms with Crippen LogP contribution in [0, 0.1) is 6.92 Å². The molecule has 2 aromatic carbocycles. The zero-order chi connectivity index (χ0) is 19.4. The Morgan fingerprint density at radius 2 is 1.70 bits per heavy atom. The zero-order valence-electron chi connectivity index (χ0n) is 14.1. The Kier molecular flexibility index (Phi) is 5.07. The maximum absolute atomic E-state index is 12.4. The Bertz CT molecular complexity index is 943. The quantitative estimate of drug-likeness (QED) is 0.726. The minimum absolute atomic E-state index is 0.269. The minimum Gasteiger partial charge on any atom is -0.406 e. The van der Waals surface area contributed by atoms with E-state index in [-0.39, 0.29) is 11.3 Å². The van der Waals surface area contributed by atoms with Gasteiger partial charge in [-0.1, -0.05) is 30.3 Å². The number of hydrogen-bond donors (Lipinski definition) is 1. The van der Waals surface area contributed by atoms with Crippen molar-refractivity contribution in [3.05, 3.63) is 72.1 Å². The van der Waals surface area contributed by atoms with Crippen LogP contribution >= 0.6 is 0 Å². The molecule has 3 aromatic rings. The lowest BCUT2D eigenvalue weighted by atomic mass is 10.2. The Labute approximate surface area is 152 Å². The molecule has 1 heterocycles. The largest absolute Gasteiger partial charge is 0.573 e. The number of alkyl halides is 3. The number of benzene rings is 2. The highest BCUT2D eigenvalue weighted by Gasteiger charge is 2.31. The van der Waals surface area contributed by atoms with Crippen LogP contribution in [0.3, 0.4) is 0 Å². The molecule has 1 amide bonds. The lowest BCUT2D eigenvalue weighted by Gasteiger charge is -2.11. The highest BCUT2D eigenvalue weighted by Crippen LogP contribution is 2.24. The second-order valence-electron chi connectivity index (χ2n) is 5.59. The fourth-order valence-electron chi connectivity index (χ4n) is 2.35. The summed E-state index contributed by atoms with van der Waals surface area (Å²) in [5.74, 6) is -0.331. The normalized spacial score (nSPS) is 11.1. The molecule has 1 N–H and O–H groups in total. The zero-order valence-corrected chi connectivity index (χ0v) is 14.1. The van der Waals surface area contributed by atoms with E-state index in [9.17, 15) is 18.0 Å². The van der Waals surface area contributed by atoms with Crippen molar-refractivity contribution >= 4 is 11.6 Å². The molecule has 5 nitrogen and oxygen atoms in total. The van der Waals surface area contributed by atoms with Crippen LogP contribution in [0.4, 0.5) is 18.9 Å². The number of nitrogens with one attached hydrogen (secondary N) is 1. The summed E-state index contributed by atoms with van der Waals surface area (Å²) in [5, 5.41) is 2.59. The molecule has 0 saturated carbocycles. The lowest BCUT2D eigenvalue weighted by Crippen LogP contribution is -2.17. The van der Waals surface area contributed by atoms with Crippen LogP contribution < -0.4 is 10.1 Å². The van der Waals surface area contributed by atoms with E-state index >= 15 is 0 Å². The van der Waals surface area contributed by atoms with Crippen LogP contribution in [0.25, 0.3) is 11.4 Å². The van der Waals surface area contributed by atoms with Gasteiger partial charge in [-0.15, -0.1) is 13.2 Å². The standard InChI is InChI=1S/C19H14F3N3O2/c1-12-16(11-23-17(24-12)13-5-3-2-4-6-13)18(26)25-14-7-9-15(10-8-14)27-19(20,21)22/h2-11H,1H3,(H,25,26). The van der Waals surface area contributed by atoms with Crippen molar-refractivity contribution in [2.75, 3.05) is 5.32 Å². The van der Waals surface area contributed by atoms with Gasteiger partial charge in [0.25, 0.3) is 5.91 Å². The van der Waals surface area contributed by atoms with Crippen molar-refractivity contribution in [2.24, 2.45) is 0 Å². The number of ether oxygens (including phenoxy) is 1. The Morgan fingerprint density at radius 1 is 1.04 bits per heavy atom. The molecule has 138 valence electrons. The molecule has 0 bridgehead atoms. The highest BCUT2D eigenvalue weighted by molar-refractivity contribution is 6.04. The monoisotopic (exact) mass is 373 g/mol. The summed E-state index contributed by atoms with van der Waals surface area (Å²) in [5.41, 5.74) is 1.90. The molecule has 0 aliphatic heterocycles. The Morgan fingerprint density at radius 3 is 2.30 bits per heavy atom. The average molecular weight is 373 g/mol. The smallest absolute Gasteiger partial charge is 0.406 e.